The summed E-state index contributed by atoms with van der Waals surface area (Å²) in [5.41, 5.74) is 0.325. The number of thioether (sulfide) groups is 1. The van der Waals surface area contributed by atoms with Crippen molar-refractivity contribution in [2.24, 2.45) is 0 Å². The first-order valence-electron chi connectivity index (χ1n) is 6.00. The minimum absolute atomic E-state index is 0.161. The first-order chi connectivity index (χ1) is 8.69. The first-order valence-corrected chi connectivity index (χ1v) is 7.67. The fourth-order valence-electron chi connectivity index (χ4n) is 2.18. The van der Waals surface area contributed by atoms with Gasteiger partial charge >= 0.3 is 0 Å². The van der Waals surface area contributed by atoms with Gasteiger partial charge in [0.2, 0.25) is 0 Å². The summed E-state index contributed by atoms with van der Waals surface area (Å²) in [6, 6.07) is 0.251. The number of hydrogen-bond acceptors (Lipinski definition) is 4. The molecule has 98 valence electrons. The van der Waals surface area contributed by atoms with E-state index >= 15 is 0 Å². The number of nitrogens with one attached hydrogen (secondary N) is 1. The summed E-state index contributed by atoms with van der Waals surface area (Å²) in [6.45, 7) is 0. The van der Waals surface area contributed by atoms with Gasteiger partial charge in [-0.15, -0.1) is 0 Å². The average Bonchev–Trinajstić information content (AvgIpc) is 2.39. The van der Waals surface area contributed by atoms with E-state index in [1.54, 1.807) is 0 Å². The number of carbonyl (C=O) groups is 1. The highest BCUT2D eigenvalue weighted by molar-refractivity contribution is 7.99. The third-order valence-corrected chi connectivity index (χ3v) is 4.44. The third-order valence-electron chi connectivity index (χ3n) is 3.15. The fourth-order valence-corrected chi connectivity index (χ4v) is 3.10. The monoisotopic (exact) mass is 285 g/mol. The zero-order chi connectivity index (χ0) is 13.0. The predicted octanol–water partition coefficient (Wildman–Crippen LogP) is 2.53. The van der Waals surface area contributed by atoms with Gasteiger partial charge in [-0.25, -0.2) is 9.97 Å². The molecule has 2 rings (SSSR count). The van der Waals surface area contributed by atoms with Gasteiger partial charge in [0.1, 0.15) is 10.8 Å². The van der Waals surface area contributed by atoms with Crippen molar-refractivity contribution < 1.29 is 4.79 Å². The highest BCUT2D eigenvalue weighted by Gasteiger charge is 2.23. The number of amides is 1. The van der Waals surface area contributed by atoms with Crippen LogP contribution in [-0.2, 0) is 0 Å². The Labute approximate surface area is 116 Å². The van der Waals surface area contributed by atoms with E-state index in [2.05, 4.69) is 21.5 Å². The van der Waals surface area contributed by atoms with Crippen molar-refractivity contribution in [2.45, 2.75) is 37.0 Å². The first kappa shape index (κ1) is 13.6. The van der Waals surface area contributed by atoms with E-state index in [9.17, 15) is 4.79 Å². The highest BCUT2D eigenvalue weighted by atomic mass is 35.5. The molecule has 0 radical (unpaired) electrons. The molecule has 0 aliphatic heterocycles. The summed E-state index contributed by atoms with van der Waals surface area (Å²) in [6.07, 6.45) is 9.42. The predicted molar refractivity (Wildman–Crippen MR) is 74.1 cm³/mol. The molecule has 1 aromatic rings. The van der Waals surface area contributed by atoms with Crippen molar-refractivity contribution in [3.63, 3.8) is 0 Å². The summed E-state index contributed by atoms with van der Waals surface area (Å²) >= 11 is 7.52. The van der Waals surface area contributed by atoms with Crippen LogP contribution in [-0.4, -0.2) is 33.4 Å². The van der Waals surface area contributed by atoms with E-state index in [1.807, 2.05) is 11.8 Å². The van der Waals surface area contributed by atoms with Gasteiger partial charge in [-0.1, -0.05) is 18.0 Å². The number of nitrogens with zero attached hydrogens (tertiary/aromatic N) is 2. The highest BCUT2D eigenvalue weighted by Crippen LogP contribution is 2.26. The van der Waals surface area contributed by atoms with Crippen molar-refractivity contribution in [1.29, 1.82) is 0 Å². The van der Waals surface area contributed by atoms with Crippen molar-refractivity contribution in [1.82, 2.24) is 15.3 Å². The van der Waals surface area contributed by atoms with Crippen molar-refractivity contribution in [2.75, 3.05) is 6.26 Å². The molecule has 0 aromatic carbocycles. The molecule has 1 fully saturated rings. The van der Waals surface area contributed by atoms with Gasteiger partial charge < -0.3 is 5.32 Å². The molecule has 1 N–H and O–H groups in total. The standard InChI is InChI=1S/C12H16ClN3OS/c1-18-9-4-2-3-8(5-9)16-12(17)10-6-15-11(13)7-14-10/h6-9H,2-5H2,1H3,(H,16,17). The average molecular weight is 286 g/mol. The van der Waals surface area contributed by atoms with Crippen LogP contribution in [0.2, 0.25) is 5.15 Å². The Bertz CT molecular complexity index is 412. The van der Waals surface area contributed by atoms with Crippen molar-refractivity contribution >= 4 is 29.3 Å². The summed E-state index contributed by atoms with van der Waals surface area (Å²) in [7, 11) is 0. The summed E-state index contributed by atoms with van der Waals surface area (Å²) < 4.78 is 0. The van der Waals surface area contributed by atoms with Gasteiger partial charge in [-0.3, -0.25) is 4.79 Å². The lowest BCUT2D eigenvalue weighted by Crippen LogP contribution is -2.39. The van der Waals surface area contributed by atoms with Crippen LogP contribution < -0.4 is 5.32 Å². The molecule has 2 unspecified atom stereocenters. The minimum atomic E-state index is -0.161. The maximum Gasteiger partial charge on any atom is 0.271 e. The van der Waals surface area contributed by atoms with Gasteiger partial charge in [-0.2, -0.15) is 11.8 Å². The van der Waals surface area contributed by atoms with Crippen LogP contribution in [0.25, 0.3) is 0 Å². The second kappa shape index (κ2) is 6.38. The normalized spacial score (nSPS) is 23.7. The topological polar surface area (TPSA) is 54.9 Å². The lowest BCUT2D eigenvalue weighted by Gasteiger charge is -2.28. The lowest BCUT2D eigenvalue weighted by molar-refractivity contribution is 0.0923. The summed E-state index contributed by atoms with van der Waals surface area (Å²) in [5.74, 6) is -0.161. The Morgan fingerprint density at radius 1 is 1.44 bits per heavy atom. The second-order valence-corrected chi connectivity index (χ2v) is 5.94. The van der Waals surface area contributed by atoms with Gasteiger partial charge in [0.15, 0.2) is 0 Å². The zero-order valence-electron chi connectivity index (χ0n) is 10.2. The Morgan fingerprint density at radius 2 is 2.28 bits per heavy atom. The van der Waals surface area contributed by atoms with Crippen molar-refractivity contribution in [3.05, 3.63) is 23.2 Å². The molecule has 1 aliphatic carbocycles. The van der Waals surface area contributed by atoms with E-state index < -0.39 is 0 Å². The van der Waals surface area contributed by atoms with Crippen LogP contribution in [0.4, 0.5) is 0 Å². The van der Waals surface area contributed by atoms with Gasteiger partial charge in [0.25, 0.3) is 5.91 Å². The van der Waals surface area contributed by atoms with E-state index in [1.165, 1.54) is 25.2 Å². The Balaban J connectivity index is 1.92. The summed E-state index contributed by atoms with van der Waals surface area (Å²) in [5, 5.41) is 3.97. The maximum atomic E-state index is 12.0. The van der Waals surface area contributed by atoms with Gasteiger partial charge in [0, 0.05) is 11.3 Å². The molecule has 2 atom stereocenters. The Morgan fingerprint density at radius 3 is 2.94 bits per heavy atom. The number of hydrogen-bond donors (Lipinski definition) is 1. The summed E-state index contributed by atoms with van der Waals surface area (Å²) in [4.78, 5) is 19.8. The molecule has 1 saturated carbocycles. The largest absolute Gasteiger partial charge is 0.348 e. The molecule has 0 spiro atoms. The molecule has 1 amide bonds. The van der Waals surface area contributed by atoms with Crippen LogP contribution in [0.5, 0.6) is 0 Å². The molecular weight excluding hydrogens is 270 g/mol. The SMILES string of the molecule is CSC1CCCC(NC(=O)c2cnc(Cl)cn2)C1. The number of rotatable bonds is 3. The molecule has 0 bridgehead atoms. The van der Waals surface area contributed by atoms with Crippen molar-refractivity contribution in [3.8, 4) is 0 Å². The Kier molecular flexibility index (Phi) is 4.83. The van der Waals surface area contributed by atoms with Crippen LogP contribution in [0.3, 0.4) is 0 Å². The lowest BCUT2D eigenvalue weighted by atomic mass is 9.95. The molecule has 1 aromatic heterocycles. The van der Waals surface area contributed by atoms with Crippen LogP contribution in [0.1, 0.15) is 36.2 Å². The van der Waals surface area contributed by atoms with Crippen LogP contribution in [0.15, 0.2) is 12.4 Å². The molecular formula is C12H16ClN3OS. The van der Waals surface area contributed by atoms with E-state index in [0.29, 0.717) is 16.1 Å². The number of carbonyl (C=O) groups excluding carboxylic acids is 1. The number of aromatic nitrogens is 2. The quantitative estimate of drug-likeness (QED) is 0.927. The van der Waals surface area contributed by atoms with Gasteiger partial charge in [0.05, 0.1) is 12.4 Å². The molecule has 18 heavy (non-hydrogen) atoms. The molecule has 6 heteroatoms. The second-order valence-electron chi connectivity index (χ2n) is 4.42. The molecule has 1 heterocycles. The molecule has 0 saturated heterocycles. The maximum absolute atomic E-state index is 12.0. The fraction of sp³-hybridized carbons (Fsp3) is 0.583. The Hall–Kier alpha value is -0.810. The molecule has 4 nitrogen and oxygen atoms in total. The third kappa shape index (κ3) is 3.59. The smallest absolute Gasteiger partial charge is 0.271 e. The zero-order valence-corrected chi connectivity index (χ0v) is 11.8. The van der Waals surface area contributed by atoms with Gasteiger partial charge in [-0.05, 0) is 25.5 Å². The van der Waals surface area contributed by atoms with Crippen LogP contribution in [0, 0.1) is 0 Å². The molecule has 1 aliphatic rings. The van der Waals surface area contributed by atoms with E-state index in [4.69, 9.17) is 11.6 Å². The number of halogens is 1. The van der Waals surface area contributed by atoms with E-state index in [0.717, 1.165) is 12.8 Å². The van der Waals surface area contributed by atoms with Crippen LogP contribution >= 0.6 is 23.4 Å². The van der Waals surface area contributed by atoms with E-state index in [-0.39, 0.29) is 11.9 Å². The minimum Gasteiger partial charge on any atom is -0.348 e.